The molecule has 0 heterocycles. The zero-order chi connectivity index (χ0) is 11.9. The molecule has 0 fully saturated rings. The van der Waals surface area contributed by atoms with Crippen LogP contribution in [0.1, 0.15) is 13.3 Å². The first-order valence-electron chi connectivity index (χ1n) is 4.68. The smallest absolute Gasteiger partial charge is 0.0856 e. The quantitative estimate of drug-likeness (QED) is 0.561. The number of aliphatic hydroxyl groups excluding tert-OH is 3. The molecule has 0 aromatic heterocycles. The molecule has 0 saturated heterocycles. The Balaban J connectivity index is 0.000000262. The zero-order valence-electron chi connectivity index (χ0n) is 8.90. The molecule has 0 aliphatic heterocycles. The molecule has 0 atom stereocenters. The van der Waals surface area contributed by atoms with Gasteiger partial charge in [0.25, 0.3) is 0 Å². The molecule has 0 spiro atoms. The van der Waals surface area contributed by atoms with Gasteiger partial charge in [-0.1, -0.05) is 0 Å². The molecular weight excluding hydrogens is 273 g/mol. The van der Waals surface area contributed by atoms with E-state index in [1.54, 1.807) is 28.0 Å². The third kappa shape index (κ3) is 5.74. The van der Waals surface area contributed by atoms with Crippen molar-refractivity contribution >= 4 is 0 Å². The molecular formula is C10H18NO3Zr. The number of allylic oxidation sites excluding steroid dienone is 4. The molecule has 0 unspecified atom stereocenters. The van der Waals surface area contributed by atoms with Gasteiger partial charge in [-0.2, -0.15) is 0 Å². The van der Waals surface area contributed by atoms with Crippen LogP contribution in [0.5, 0.6) is 0 Å². The van der Waals surface area contributed by atoms with E-state index < -0.39 is 25.4 Å². The van der Waals surface area contributed by atoms with Crippen LogP contribution in [0.3, 0.4) is 0 Å². The number of hydrogen-bond acceptors (Lipinski definition) is 4. The van der Waals surface area contributed by atoms with Gasteiger partial charge in [-0.15, -0.1) is 0 Å². The molecule has 1 aliphatic carbocycles. The van der Waals surface area contributed by atoms with Gasteiger partial charge in [-0.25, -0.2) is 0 Å². The largest absolute Gasteiger partial charge is 0.394 e. The molecule has 0 aromatic carbocycles. The predicted octanol–water partition coefficient (Wildman–Crippen LogP) is -0.572. The van der Waals surface area contributed by atoms with E-state index in [2.05, 4.69) is 19.1 Å². The van der Waals surface area contributed by atoms with Crippen LogP contribution in [0.2, 0.25) is 0 Å². The van der Waals surface area contributed by atoms with E-state index in [4.69, 9.17) is 21.1 Å². The Kier molecular flexibility index (Phi) is 7.57. The molecule has 0 radical (unpaired) electrons. The van der Waals surface area contributed by atoms with Crippen LogP contribution in [0, 0.1) is 0 Å². The van der Waals surface area contributed by atoms with Gasteiger partial charge >= 0.3 is 59.1 Å². The Labute approximate surface area is 105 Å². The summed E-state index contributed by atoms with van der Waals surface area (Å²) in [4.78, 5) is 0. The van der Waals surface area contributed by atoms with Gasteiger partial charge in [0.2, 0.25) is 0 Å². The Morgan fingerprint density at radius 2 is 1.80 bits per heavy atom. The van der Waals surface area contributed by atoms with Crippen molar-refractivity contribution < 1.29 is 40.0 Å². The fraction of sp³-hybridized carbons (Fsp3) is 0.600. The third-order valence-corrected chi connectivity index (χ3v) is 3.58. The van der Waals surface area contributed by atoms with Gasteiger partial charge in [0.15, 0.2) is 0 Å². The Bertz CT molecular complexity index is 239. The predicted molar refractivity (Wildman–Crippen MR) is 54.6 cm³/mol. The van der Waals surface area contributed by atoms with E-state index in [1.165, 1.54) is 12.0 Å². The van der Waals surface area contributed by atoms with Crippen molar-refractivity contribution in [3.8, 4) is 0 Å². The summed E-state index contributed by atoms with van der Waals surface area (Å²) in [6.07, 6.45) is 5.63. The van der Waals surface area contributed by atoms with Crippen molar-refractivity contribution in [2.24, 2.45) is 5.73 Å². The number of rotatable bonds is 3. The van der Waals surface area contributed by atoms with Crippen LogP contribution in [0.4, 0.5) is 0 Å². The molecule has 0 aromatic rings. The molecule has 1 rings (SSSR count). The normalized spacial score (nSPS) is 15.2. The van der Waals surface area contributed by atoms with Gasteiger partial charge in [0.1, 0.15) is 0 Å². The minimum atomic E-state index is -1.21. The second kappa shape index (κ2) is 7.47. The zero-order valence-corrected chi connectivity index (χ0v) is 11.4. The summed E-state index contributed by atoms with van der Waals surface area (Å²) < 4.78 is 1.60. The second-order valence-electron chi connectivity index (χ2n) is 3.60. The van der Waals surface area contributed by atoms with Crippen molar-refractivity contribution in [3.05, 3.63) is 21.0 Å². The van der Waals surface area contributed by atoms with Crippen LogP contribution >= 0.6 is 0 Å². The molecule has 0 bridgehead atoms. The van der Waals surface area contributed by atoms with Crippen LogP contribution in [0.15, 0.2) is 21.0 Å². The van der Waals surface area contributed by atoms with E-state index in [0.717, 1.165) is 0 Å². The van der Waals surface area contributed by atoms with Crippen molar-refractivity contribution in [1.29, 1.82) is 0 Å². The first kappa shape index (κ1) is 15.2. The minimum absolute atomic E-state index is 0.403. The molecule has 5 N–H and O–H groups in total. The molecule has 0 amide bonds. The summed E-state index contributed by atoms with van der Waals surface area (Å²) in [7, 11) is 0. The molecule has 15 heavy (non-hydrogen) atoms. The van der Waals surface area contributed by atoms with E-state index >= 15 is 0 Å². The summed E-state index contributed by atoms with van der Waals surface area (Å²) in [5.41, 5.74) is 5.42. The summed E-state index contributed by atoms with van der Waals surface area (Å²) >= 11 is 1.58. The molecule has 85 valence electrons. The average molecular weight is 291 g/mol. The molecule has 0 saturated carbocycles. The molecule has 4 nitrogen and oxygen atoms in total. The topological polar surface area (TPSA) is 86.7 Å². The van der Waals surface area contributed by atoms with Crippen molar-refractivity contribution in [1.82, 2.24) is 0 Å². The summed E-state index contributed by atoms with van der Waals surface area (Å²) in [5.74, 6) is 0. The monoisotopic (exact) mass is 290 g/mol. The Morgan fingerprint density at radius 3 is 1.87 bits per heavy atom. The average Bonchev–Trinajstić information content (AvgIpc) is 2.63. The third-order valence-electron chi connectivity index (χ3n) is 2.11. The maximum atomic E-state index is 8.34. The molecule has 1 aliphatic rings. The van der Waals surface area contributed by atoms with Gasteiger partial charge in [-0.05, 0) is 0 Å². The van der Waals surface area contributed by atoms with Crippen LogP contribution in [-0.4, -0.2) is 40.7 Å². The van der Waals surface area contributed by atoms with Gasteiger partial charge in [0.05, 0.1) is 25.4 Å². The van der Waals surface area contributed by atoms with Crippen LogP contribution < -0.4 is 5.73 Å². The maximum absolute atomic E-state index is 8.34. The van der Waals surface area contributed by atoms with Crippen LogP contribution in [-0.2, 0) is 24.7 Å². The summed E-state index contributed by atoms with van der Waals surface area (Å²) in [6, 6.07) is 0. The molecule has 5 heteroatoms. The van der Waals surface area contributed by atoms with Gasteiger partial charge < -0.3 is 21.1 Å². The van der Waals surface area contributed by atoms with E-state index in [0.29, 0.717) is 0 Å². The fourth-order valence-electron chi connectivity index (χ4n) is 0.765. The number of aliphatic hydroxyl groups is 3. The standard InChI is InChI=1S/C6H7.C4H11NO3.Zr/c1-6-4-2-3-5-6;5-4(1-6,2-7)3-8;/h2,4H,3H2,1H3;6-8H,1-3,5H2;. The Morgan fingerprint density at radius 1 is 1.33 bits per heavy atom. The fourth-order valence-corrected chi connectivity index (χ4v) is 1.26. The van der Waals surface area contributed by atoms with E-state index in [1.807, 2.05) is 0 Å². The summed E-state index contributed by atoms with van der Waals surface area (Å²) in [5, 5.41) is 25.0. The minimum Gasteiger partial charge on any atom is -0.394 e. The van der Waals surface area contributed by atoms with E-state index in [-0.39, 0.29) is 0 Å². The first-order valence-corrected chi connectivity index (χ1v) is 5.91. The second-order valence-corrected chi connectivity index (χ2v) is 5.09. The summed E-state index contributed by atoms with van der Waals surface area (Å²) in [6.45, 7) is 0.966. The van der Waals surface area contributed by atoms with Crippen molar-refractivity contribution in [2.75, 3.05) is 19.8 Å². The first-order chi connectivity index (χ1) is 6.99. The number of hydrogen-bond donors (Lipinski definition) is 4. The van der Waals surface area contributed by atoms with Gasteiger partial charge in [-0.3, -0.25) is 0 Å². The van der Waals surface area contributed by atoms with E-state index in [9.17, 15) is 0 Å². The van der Waals surface area contributed by atoms with Crippen molar-refractivity contribution in [2.45, 2.75) is 18.9 Å². The van der Waals surface area contributed by atoms with Crippen LogP contribution in [0.25, 0.3) is 0 Å². The SMILES string of the molecule is CC1=[C]([Zr])CC=C1.NC(CO)(CO)CO. The maximum Gasteiger partial charge on any atom is 0.0856 e. The Hall–Kier alpha value is 0.203. The van der Waals surface area contributed by atoms with Crippen molar-refractivity contribution in [3.63, 3.8) is 0 Å². The number of nitrogens with two attached hydrogens (primary N) is 1. The van der Waals surface area contributed by atoms with Gasteiger partial charge in [0, 0.05) is 0 Å².